The fourth-order valence-electron chi connectivity index (χ4n) is 4.42. The normalized spacial score (nSPS) is 26.2. The molecule has 1 N–H and O–H groups in total. The minimum atomic E-state index is -3.15. The summed E-state index contributed by atoms with van der Waals surface area (Å²) in [5.74, 6) is 1.16. The van der Waals surface area contributed by atoms with E-state index < -0.39 is 9.84 Å². The van der Waals surface area contributed by atoms with E-state index in [4.69, 9.17) is 9.47 Å². The van der Waals surface area contributed by atoms with Gasteiger partial charge >= 0.3 is 0 Å². The van der Waals surface area contributed by atoms with E-state index in [1.165, 1.54) is 6.42 Å². The van der Waals surface area contributed by atoms with Crippen molar-refractivity contribution in [2.45, 2.75) is 38.3 Å². The van der Waals surface area contributed by atoms with Gasteiger partial charge in [-0.3, -0.25) is 9.69 Å². The molecule has 0 spiro atoms. The number of fused-ring (bicyclic) bond motifs is 1. The first-order valence-electron chi connectivity index (χ1n) is 10.3. The van der Waals surface area contributed by atoms with Crippen molar-refractivity contribution in [2.75, 3.05) is 37.8 Å². The third-order valence-electron chi connectivity index (χ3n) is 5.80. The summed E-state index contributed by atoms with van der Waals surface area (Å²) in [5.41, 5.74) is 1.28. The number of hydrogen-bond donors (Lipinski definition) is 1. The molecule has 1 aromatic carbocycles. The van der Waals surface area contributed by atoms with Gasteiger partial charge in [-0.1, -0.05) is 18.6 Å². The first kappa shape index (κ1) is 20.2. The van der Waals surface area contributed by atoms with E-state index in [0.29, 0.717) is 23.7 Å². The van der Waals surface area contributed by atoms with Gasteiger partial charge in [-0.05, 0) is 45.0 Å². The zero-order chi connectivity index (χ0) is 20.4. The fraction of sp³-hybridized carbons (Fsp3) is 0.571. The fourth-order valence-corrected chi connectivity index (χ4v) is 6.37. The molecule has 29 heavy (non-hydrogen) atoms. The number of likely N-dealkylation sites (tertiary alicyclic amines) is 1. The van der Waals surface area contributed by atoms with Crippen LogP contribution in [0.1, 0.15) is 31.7 Å². The first-order chi connectivity index (χ1) is 14.0. The molecule has 0 bridgehead atoms. The Labute approximate surface area is 172 Å². The molecule has 1 amide bonds. The van der Waals surface area contributed by atoms with Gasteiger partial charge in [0.15, 0.2) is 21.3 Å². The summed E-state index contributed by atoms with van der Waals surface area (Å²) < 4.78 is 36.0. The molecule has 3 heterocycles. The monoisotopic (exact) mass is 420 g/mol. The van der Waals surface area contributed by atoms with Gasteiger partial charge in [0.2, 0.25) is 0 Å². The molecule has 8 heteroatoms. The summed E-state index contributed by atoms with van der Waals surface area (Å²) in [4.78, 5) is 15.1. The third-order valence-corrected chi connectivity index (χ3v) is 7.52. The summed E-state index contributed by atoms with van der Waals surface area (Å²) in [6, 6.07) is 5.05. The van der Waals surface area contributed by atoms with Crippen LogP contribution in [0.3, 0.4) is 0 Å². The highest BCUT2D eigenvalue weighted by Crippen LogP contribution is 2.36. The van der Waals surface area contributed by atoms with Crippen molar-refractivity contribution in [3.05, 3.63) is 29.3 Å². The maximum absolute atomic E-state index is 12.9. The summed E-state index contributed by atoms with van der Waals surface area (Å²) in [6.07, 6.45) is 5.14. The van der Waals surface area contributed by atoms with Gasteiger partial charge in [0.1, 0.15) is 6.61 Å². The molecule has 7 nitrogen and oxygen atoms in total. The predicted molar refractivity (Wildman–Crippen MR) is 111 cm³/mol. The lowest BCUT2D eigenvalue weighted by atomic mass is 10.0. The highest BCUT2D eigenvalue weighted by atomic mass is 32.2. The molecular weight excluding hydrogens is 392 g/mol. The third kappa shape index (κ3) is 4.43. The minimum absolute atomic E-state index is 0.000874. The quantitative estimate of drug-likeness (QED) is 0.779. The molecule has 2 atom stereocenters. The van der Waals surface area contributed by atoms with Crippen molar-refractivity contribution in [3.63, 3.8) is 0 Å². The Morgan fingerprint density at radius 1 is 1.24 bits per heavy atom. The number of benzene rings is 1. The largest absolute Gasteiger partial charge is 0.490 e. The SMILES string of the molecule is CCOc1cccc2c1OCC(C(=O)N[C@@H]1CS(=O)(=O)C[C@@H]1N1CCCCC1)=C2. The molecule has 1 aromatic rings. The van der Waals surface area contributed by atoms with E-state index in [9.17, 15) is 13.2 Å². The Kier molecular flexibility index (Phi) is 5.83. The van der Waals surface area contributed by atoms with Crippen LogP contribution in [0.2, 0.25) is 0 Å². The van der Waals surface area contributed by atoms with Crippen molar-refractivity contribution < 1.29 is 22.7 Å². The predicted octanol–water partition coefficient (Wildman–Crippen LogP) is 1.63. The van der Waals surface area contributed by atoms with E-state index in [1.807, 2.05) is 25.1 Å². The van der Waals surface area contributed by atoms with Crippen molar-refractivity contribution in [1.82, 2.24) is 10.2 Å². The number of piperidine rings is 1. The van der Waals surface area contributed by atoms with Crippen LogP contribution in [-0.4, -0.2) is 69.1 Å². The number of nitrogens with zero attached hydrogens (tertiary/aromatic N) is 1. The Bertz CT molecular complexity index is 906. The number of ether oxygens (including phenoxy) is 2. The lowest BCUT2D eigenvalue weighted by Crippen LogP contribution is -2.52. The van der Waals surface area contributed by atoms with Crippen LogP contribution < -0.4 is 14.8 Å². The van der Waals surface area contributed by atoms with Gasteiger partial charge in [0.05, 0.1) is 29.7 Å². The highest BCUT2D eigenvalue weighted by Gasteiger charge is 2.42. The van der Waals surface area contributed by atoms with Crippen molar-refractivity contribution >= 4 is 21.8 Å². The first-order valence-corrected chi connectivity index (χ1v) is 12.1. The number of nitrogens with one attached hydrogen (secondary N) is 1. The zero-order valence-corrected chi connectivity index (χ0v) is 17.5. The smallest absolute Gasteiger partial charge is 0.250 e. The van der Waals surface area contributed by atoms with Gasteiger partial charge in [0, 0.05) is 11.6 Å². The molecular formula is C21H28N2O5S. The highest BCUT2D eigenvalue weighted by molar-refractivity contribution is 7.91. The molecule has 3 aliphatic rings. The second-order valence-electron chi connectivity index (χ2n) is 7.89. The number of hydrogen-bond acceptors (Lipinski definition) is 6. The van der Waals surface area contributed by atoms with E-state index in [-0.39, 0.29) is 36.1 Å². The lowest BCUT2D eigenvalue weighted by Gasteiger charge is -2.35. The van der Waals surface area contributed by atoms with Crippen LogP contribution >= 0.6 is 0 Å². The van der Waals surface area contributed by atoms with Crippen LogP contribution in [0.5, 0.6) is 11.5 Å². The zero-order valence-electron chi connectivity index (χ0n) is 16.7. The van der Waals surface area contributed by atoms with Crippen LogP contribution in [-0.2, 0) is 14.6 Å². The molecule has 0 saturated carbocycles. The van der Waals surface area contributed by atoms with E-state index in [1.54, 1.807) is 6.08 Å². The lowest BCUT2D eigenvalue weighted by molar-refractivity contribution is -0.118. The minimum Gasteiger partial charge on any atom is -0.490 e. The Hall–Kier alpha value is -2.06. The Balaban J connectivity index is 1.50. The molecule has 4 rings (SSSR count). The standard InChI is InChI=1S/C21H28N2O5S/c1-2-27-19-8-6-7-15-11-16(12-28-20(15)19)21(24)22-17-13-29(25,26)14-18(17)23-9-4-3-5-10-23/h6-8,11,17-18H,2-5,9-10,12-14H2,1H3,(H,22,24)/t17-,18+/m1/s1. The molecule has 2 fully saturated rings. The number of amides is 1. The topological polar surface area (TPSA) is 84.9 Å². The van der Waals surface area contributed by atoms with Crippen LogP contribution in [0, 0.1) is 0 Å². The number of carbonyl (C=O) groups excluding carboxylic acids is 1. The second kappa shape index (κ2) is 8.36. The Morgan fingerprint density at radius 3 is 2.79 bits per heavy atom. The Morgan fingerprint density at radius 2 is 2.03 bits per heavy atom. The number of para-hydroxylation sites is 1. The average molecular weight is 421 g/mol. The molecule has 0 radical (unpaired) electrons. The van der Waals surface area contributed by atoms with Gasteiger partial charge in [-0.15, -0.1) is 0 Å². The molecule has 0 unspecified atom stereocenters. The van der Waals surface area contributed by atoms with Gasteiger partial charge in [-0.25, -0.2) is 8.42 Å². The summed E-state index contributed by atoms with van der Waals surface area (Å²) >= 11 is 0. The van der Waals surface area contributed by atoms with Gasteiger partial charge < -0.3 is 14.8 Å². The van der Waals surface area contributed by atoms with E-state index in [0.717, 1.165) is 31.5 Å². The number of carbonyl (C=O) groups is 1. The van der Waals surface area contributed by atoms with E-state index >= 15 is 0 Å². The maximum atomic E-state index is 12.9. The van der Waals surface area contributed by atoms with Crippen LogP contribution in [0.25, 0.3) is 6.08 Å². The van der Waals surface area contributed by atoms with Crippen molar-refractivity contribution in [1.29, 1.82) is 0 Å². The van der Waals surface area contributed by atoms with E-state index in [2.05, 4.69) is 10.2 Å². The number of sulfone groups is 1. The van der Waals surface area contributed by atoms with Gasteiger partial charge in [0.25, 0.3) is 5.91 Å². The average Bonchev–Trinajstić information content (AvgIpc) is 3.02. The summed E-state index contributed by atoms with van der Waals surface area (Å²) in [5, 5.41) is 2.98. The van der Waals surface area contributed by atoms with Crippen LogP contribution in [0.15, 0.2) is 23.8 Å². The van der Waals surface area contributed by atoms with Crippen molar-refractivity contribution in [2.24, 2.45) is 0 Å². The molecule has 0 aliphatic carbocycles. The molecule has 158 valence electrons. The van der Waals surface area contributed by atoms with Crippen molar-refractivity contribution in [3.8, 4) is 11.5 Å². The number of rotatable bonds is 5. The summed E-state index contributed by atoms with van der Waals surface area (Å²) in [6.45, 7) is 4.37. The summed E-state index contributed by atoms with van der Waals surface area (Å²) in [7, 11) is -3.15. The maximum Gasteiger partial charge on any atom is 0.250 e. The van der Waals surface area contributed by atoms with Gasteiger partial charge in [-0.2, -0.15) is 0 Å². The molecule has 2 saturated heterocycles. The molecule has 0 aromatic heterocycles. The van der Waals surface area contributed by atoms with Crippen LogP contribution in [0.4, 0.5) is 0 Å². The second-order valence-corrected chi connectivity index (χ2v) is 10.0. The molecule has 3 aliphatic heterocycles.